The van der Waals surface area contributed by atoms with Crippen molar-refractivity contribution < 1.29 is 9.90 Å². The summed E-state index contributed by atoms with van der Waals surface area (Å²) in [5, 5.41) is 10.7. The van der Waals surface area contributed by atoms with Gasteiger partial charge in [-0.2, -0.15) is 0 Å². The Bertz CT molecular complexity index is 599. The first-order valence-electron chi connectivity index (χ1n) is 4.92. The van der Waals surface area contributed by atoms with Gasteiger partial charge in [0.15, 0.2) is 0 Å². The summed E-state index contributed by atoms with van der Waals surface area (Å²) in [6.07, 6.45) is 0. The number of aromatic carboxylic acids is 1. The van der Waals surface area contributed by atoms with Gasteiger partial charge < -0.3 is 9.67 Å². The molecule has 0 bridgehead atoms. The number of benzene rings is 1. The molecule has 16 heavy (non-hydrogen) atoms. The summed E-state index contributed by atoms with van der Waals surface area (Å²) in [6, 6.07) is 3.65. The van der Waals surface area contributed by atoms with E-state index in [1.165, 1.54) is 0 Å². The van der Waals surface area contributed by atoms with Crippen LogP contribution in [0.4, 0.5) is 0 Å². The largest absolute Gasteiger partial charge is 0.477 e. The van der Waals surface area contributed by atoms with Crippen molar-refractivity contribution in [2.75, 3.05) is 0 Å². The van der Waals surface area contributed by atoms with Gasteiger partial charge in [-0.3, -0.25) is 0 Å². The standard InChI is InChI=1S/C12H12ClNO2/c1-6-4-8(13)5-9-7(2)11(12(15)16)14(3)10(6)9/h4-5H,1-3H3,(H,15,16). The highest BCUT2D eigenvalue weighted by Crippen LogP contribution is 2.30. The average molecular weight is 238 g/mol. The summed E-state index contributed by atoms with van der Waals surface area (Å²) in [5.41, 5.74) is 3.00. The van der Waals surface area contributed by atoms with Crippen LogP contribution in [0.1, 0.15) is 21.6 Å². The van der Waals surface area contributed by atoms with E-state index in [4.69, 9.17) is 16.7 Å². The number of hydrogen-bond donors (Lipinski definition) is 1. The highest BCUT2D eigenvalue weighted by Gasteiger charge is 2.18. The summed E-state index contributed by atoms with van der Waals surface area (Å²) >= 11 is 5.98. The van der Waals surface area contributed by atoms with Crippen LogP contribution in [-0.2, 0) is 7.05 Å². The van der Waals surface area contributed by atoms with Gasteiger partial charge in [0.1, 0.15) is 5.69 Å². The van der Waals surface area contributed by atoms with Crippen LogP contribution in [0.2, 0.25) is 5.02 Å². The lowest BCUT2D eigenvalue weighted by atomic mass is 10.1. The lowest BCUT2D eigenvalue weighted by molar-refractivity contribution is 0.0686. The lowest BCUT2D eigenvalue weighted by Crippen LogP contribution is -2.05. The minimum absolute atomic E-state index is 0.320. The van der Waals surface area contributed by atoms with E-state index in [1.54, 1.807) is 11.6 Å². The molecule has 0 spiro atoms. The Morgan fingerprint density at radius 3 is 2.56 bits per heavy atom. The van der Waals surface area contributed by atoms with E-state index < -0.39 is 5.97 Å². The van der Waals surface area contributed by atoms with Crippen LogP contribution in [0.5, 0.6) is 0 Å². The van der Waals surface area contributed by atoms with E-state index in [0.717, 1.165) is 22.0 Å². The van der Waals surface area contributed by atoms with Crippen molar-refractivity contribution in [2.24, 2.45) is 7.05 Å². The van der Waals surface area contributed by atoms with Gasteiger partial charge >= 0.3 is 5.97 Å². The third-order valence-electron chi connectivity index (χ3n) is 2.90. The highest BCUT2D eigenvalue weighted by atomic mass is 35.5. The molecule has 1 aromatic carbocycles. The second-order valence-electron chi connectivity index (χ2n) is 3.96. The van der Waals surface area contributed by atoms with Crippen molar-refractivity contribution in [2.45, 2.75) is 13.8 Å². The predicted octanol–water partition coefficient (Wildman–Crippen LogP) is 3.15. The van der Waals surface area contributed by atoms with Gasteiger partial charge in [0, 0.05) is 17.5 Å². The number of nitrogens with zero attached hydrogens (tertiary/aromatic N) is 1. The summed E-state index contributed by atoms with van der Waals surface area (Å²) in [7, 11) is 1.76. The molecule has 84 valence electrons. The Labute approximate surface area is 98.3 Å². The molecule has 1 heterocycles. The molecule has 0 aliphatic carbocycles. The van der Waals surface area contributed by atoms with Crippen molar-refractivity contribution in [1.29, 1.82) is 0 Å². The van der Waals surface area contributed by atoms with Crippen molar-refractivity contribution >= 4 is 28.5 Å². The molecule has 2 aromatic rings. The van der Waals surface area contributed by atoms with E-state index in [-0.39, 0.29) is 0 Å². The monoisotopic (exact) mass is 237 g/mol. The van der Waals surface area contributed by atoms with Gasteiger partial charge in [0.2, 0.25) is 0 Å². The van der Waals surface area contributed by atoms with E-state index in [1.807, 2.05) is 26.0 Å². The van der Waals surface area contributed by atoms with Crippen LogP contribution in [0.15, 0.2) is 12.1 Å². The molecule has 0 unspecified atom stereocenters. The van der Waals surface area contributed by atoms with Crippen LogP contribution in [0, 0.1) is 13.8 Å². The maximum absolute atomic E-state index is 11.2. The lowest BCUT2D eigenvalue weighted by Gasteiger charge is -2.03. The molecule has 4 heteroatoms. The zero-order chi connectivity index (χ0) is 12.0. The van der Waals surface area contributed by atoms with E-state index in [0.29, 0.717) is 10.7 Å². The first kappa shape index (κ1) is 11.0. The third-order valence-corrected chi connectivity index (χ3v) is 3.12. The fourth-order valence-electron chi connectivity index (χ4n) is 2.26. The number of carboxylic acids is 1. The number of hydrogen-bond acceptors (Lipinski definition) is 1. The van der Waals surface area contributed by atoms with Crippen molar-refractivity contribution in [3.63, 3.8) is 0 Å². The number of aromatic nitrogens is 1. The molecular weight excluding hydrogens is 226 g/mol. The average Bonchev–Trinajstić information content (AvgIpc) is 2.38. The number of halogens is 1. The van der Waals surface area contributed by atoms with Gasteiger partial charge in [0.25, 0.3) is 0 Å². The van der Waals surface area contributed by atoms with Gasteiger partial charge in [0.05, 0.1) is 5.52 Å². The number of fused-ring (bicyclic) bond motifs is 1. The summed E-state index contributed by atoms with van der Waals surface area (Å²) in [5.74, 6) is -0.910. The molecule has 0 amide bonds. The number of rotatable bonds is 1. The minimum atomic E-state index is -0.910. The molecule has 0 radical (unpaired) electrons. The first-order chi connectivity index (χ1) is 7.43. The summed E-state index contributed by atoms with van der Waals surface area (Å²) < 4.78 is 1.71. The van der Waals surface area contributed by atoms with Gasteiger partial charge in [-0.1, -0.05) is 11.6 Å². The first-order valence-corrected chi connectivity index (χ1v) is 5.29. The smallest absolute Gasteiger partial charge is 0.352 e. The molecule has 1 N–H and O–H groups in total. The van der Waals surface area contributed by atoms with Crippen LogP contribution >= 0.6 is 11.6 Å². The minimum Gasteiger partial charge on any atom is -0.477 e. The molecule has 0 atom stereocenters. The fraction of sp³-hybridized carbons (Fsp3) is 0.250. The van der Waals surface area contributed by atoms with Gasteiger partial charge in [-0.15, -0.1) is 0 Å². The summed E-state index contributed by atoms with van der Waals surface area (Å²) in [4.78, 5) is 11.2. The van der Waals surface area contributed by atoms with E-state index in [9.17, 15) is 4.79 Å². The summed E-state index contributed by atoms with van der Waals surface area (Å²) in [6.45, 7) is 3.74. The van der Waals surface area contributed by atoms with Crippen LogP contribution in [0.25, 0.3) is 10.9 Å². The topological polar surface area (TPSA) is 42.2 Å². The maximum atomic E-state index is 11.2. The molecule has 0 aliphatic heterocycles. The van der Waals surface area contributed by atoms with Crippen molar-refractivity contribution in [3.8, 4) is 0 Å². The van der Waals surface area contributed by atoms with Crippen LogP contribution in [0.3, 0.4) is 0 Å². The normalized spacial score (nSPS) is 11.0. The zero-order valence-electron chi connectivity index (χ0n) is 9.34. The Morgan fingerprint density at radius 1 is 1.38 bits per heavy atom. The Hall–Kier alpha value is -1.48. The Balaban J connectivity index is 2.99. The Morgan fingerprint density at radius 2 is 2.00 bits per heavy atom. The number of carboxylic acid groups (broad SMARTS) is 1. The van der Waals surface area contributed by atoms with E-state index >= 15 is 0 Å². The molecule has 0 fully saturated rings. The maximum Gasteiger partial charge on any atom is 0.352 e. The van der Waals surface area contributed by atoms with Crippen molar-refractivity contribution in [3.05, 3.63) is 34.0 Å². The molecule has 2 rings (SSSR count). The zero-order valence-corrected chi connectivity index (χ0v) is 10.1. The fourth-order valence-corrected chi connectivity index (χ4v) is 2.53. The highest BCUT2D eigenvalue weighted by molar-refractivity contribution is 6.31. The third kappa shape index (κ3) is 1.39. The van der Waals surface area contributed by atoms with Crippen LogP contribution < -0.4 is 0 Å². The second kappa shape index (κ2) is 3.52. The number of carbonyl (C=O) groups is 1. The van der Waals surface area contributed by atoms with E-state index in [2.05, 4.69) is 0 Å². The molecule has 3 nitrogen and oxygen atoms in total. The molecule has 0 aliphatic rings. The molecule has 0 saturated carbocycles. The van der Waals surface area contributed by atoms with Crippen molar-refractivity contribution in [1.82, 2.24) is 4.57 Å². The van der Waals surface area contributed by atoms with Crippen LogP contribution in [-0.4, -0.2) is 15.6 Å². The molecular formula is C12H12ClNO2. The SMILES string of the molecule is Cc1c(C(=O)O)n(C)c2c(C)cc(Cl)cc12. The quantitative estimate of drug-likeness (QED) is 0.828. The second-order valence-corrected chi connectivity index (χ2v) is 4.39. The molecule has 1 aromatic heterocycles. The van der Waals surface area contributed by atoms with Gasteiger partial charge in [-0.25, -0.2) is 4.79 Å². The van der Waals surface area contributed by atoms with Gasteiger partial charge in [-0.05, 0) is 37.1 Å². The molecule has 0 saturated heterocycles. The Kier molecular flexibility index (Phi) is 2.43. The predicted molar refractivity (Wildman–Crippen MR) is 64.4 cm³/mol. The number of aryl methyl sites for hydroxylation is 3.